The van der Waals surface area contributed by atoms with Gasteiger partial charge in [0.1, 0.15) is 5.69 Å². The number of amides is 1. The number of aromatic nitrogens is 4. The van der Waals surface area contributed by atoms with Crippen LogP contribution in [-0.4, -0.2) is 25.6 Å². The molecule has 0 spiro atoms. The predicted octanol–water partition coefficient (Wildman–Crippen LogP) is 2.91. The highest BCUT2D eigenvalue weighted by Gasteiger charge is 2.14. The number of hydrogen-bond acceptors (Lipinski definition) is 5. The van der Waals surface area contributed by atoms with Gasteiger partial charge in [-0.15, -0.1) is 0 Å². The summed E-state index contributed by atoms with van der Waals surface area (Å²) in [7, 11) is 0. The van der Waals surface area contributed by atoms with Crippen LogP contribution in [0.5, 0.6) is 0 Å². The molecule has 0 unspecified atom stereocenters. The van der Waals surface area contributed by atoms with Crippen molar-refractivity contribution in [3.05, 3.63) is 90.3 Å². The van der Waals surface area contributed by atoms with E-state index >= 15 is 0 Å². The number of pyridine rings is 1. The summed E-state index contributed by atoms with van der Waals surface area (Å²) >= 11 is 0. The lowest BCUT2D eigenvalue weighted by Crippen LogP contribution is -2.25. The number of nitrogens with zero attached hydrogens (tertiary/aromatic N) is 4. The Kier molecular flexibility index (Phi) is 4.74. The molecule has 0 aliphatic rings. The van der Waals surface area contributed by atoms with E-state index < -0.39 is 0 Å². The Hall–Kier alpha value is -3.74. The second-order valence-corrected chi connectivity index (χ2v) is 5.95. The fraction of sp³-hybridized carbons (Fsp3) is 0.100. The highest BCUT2D eigenvalue weighted by molar-refractivity contribution is 5.92. The molecule has 134 valence electrons. The maximum atomic E-state index is 12.5. The molecule has 0 aliphatic carbocycles. The minimum atomic E-state index is -0.171. The Bertz CT molecular complexity index is 1020. The van der Waals surface area contributed by atoms with Crippen molar-refractivity contribution in [2.45, 2.75) is 13.1 Å². The van der Waals surface area contributed by atoms with E-state index in [9.17, 15) is 4.79 Å². The van der Waals surface area contributed by atoms with Crippen molar-refractivity contribution in [1.29, 1.82) is 0 Å². The molecule has 4 rings (SSSR count). The molecule has 0 fully saturated rings. The Morgan fingerprint density at radius 1 is 1.07 bits per heavy atom. The first-order chi connectivity index (χ1) is 13.3. The normalized spacial score (nSPS) is 10.7. The average Bonchev–Trinajstić information content (AvgIpc) is 3.38. The van der Waals surface area contributed by atoms with E-state index in [0.29, 0.717) is 30.5 Å². The van der Waals surface area contributed by atoms with Gasteiger partial charge in [-0.1, -0.05) is 29.4 Å². The Morgan fingerprint density at radius 3 is 2.78 bits per heavy atom. The fourth-order valence-electron chi connectivity index (χ4n) is 2.70. The number of nitrogens with one attached hydrogen (secondary N) is 1. The zero-order chi connectivity index (χ0) is 18.5. The molecule has 3 heterocycles. The van der Waals surface area contributed by atoms with Gasteiger partial charge in [0.15, 0.2) is 5.82 Å². The monoisotopic (exact) mass is 359 g/mol. The van der Waals surface area contributed by atoms with Crippen molar-refractivity contribution in [3.63, 3.8) is 0 Å². The number of hydrogen-bond donors (Lipinski definition) is 1. The molecule has 3 aromatic heterocycles. The quantitative estimate of drug-likeness (QED) is 0.572. The van der Waals surface area contributed by atoms with Crippen LogP contribution >= 0.6 is 0 Å². The summed E-state index contributed by atoms with van der Waals surface area (Å²) in [6.45, 7) is 0.761. The number of benzene rings is 1. The first-order valence-corrected chi connectivity index (χ1v) is 8.50. The number of carbonyl (C=O) groups excluding carboxylic acids is 1. The molecular weight excluding hydrogens is 342 g/mol. The summed E-state index contributed by atoms with van der Waals surface area (Å²) in [5.74, 6) is 0.794. The van der Waals surface area contributed by atoms with Crippen LogP contribution in [0.2, 0.25) is 0 Å². The Balaban J connectivity index is 1.44. The standard InChI is InChI=1S/C20H17N5O2/c26-19(22-13-15-6-4-10-21-12-15)17-9-5-11-25(17)14-18-23-20(27-24-18)16-7-2-1-3-8-16/h1-12H,13-14H2,(H,22,26). The van der Waals surface area contributed by atoms with E-state index in [1.165, 1.54) is 0 Å². The topological polar surface area (TPSA) is 85.8 Å². The van der Waals surface area contributed by atoms with Gasteiger partial charge in [0.05, 0.1) is 6.54 Å². The summed E-state index contributed by atoms with van der Waals surface area (Å²) < 4.78 is 7.11. The van der Waals surface area contributed by atoms with E-state index in [1.54, 1.807) is 23.0 Å². The third-order valence-corrected chi connectivity index (χ3v) is 4.04. The second kappa shape index (κ2) is 7.65. The molecule has 7 nitrogen and oxygen atoms in total. The first kappa shape index (κ1) is 16.7. The van der Waals surface area contributed by atoms with Crippen molar-refractivity contribution >= 4 is 5.91 Å². The van der Waals surface area contributed by atoms with Gasteiger partial charge in [0.2, 0.25) is 0 Å². The first-order valence-electron chi connectivity index (χ1n) is 8.50. The molecule has 1 N–H and O–H groups in total. The van der Waals surface area contributed by atoms with Gasteiger partial charge in [0.25, 0.3) is 11.8 Å². The van der Waals surface area contributed by atoms with Crippen LogP contribution in [-0.2, 0) is 13.1 Å². The van der Waals surface area contributed by atoms with Gasteiger partial charge in [-0.05, 0) is 35.9 Å². The van der Waals surface area contributed by atoms with Crippen LogP contribution < -0.4 is 5.32 Å². The lowest BCUT2D eigenvalue weighted by Gasteiger charge is -2.08. The molecule has 0 saturated heterocycles. The highest BCUT2D eigenvalue weighted by atomic mass is 16.5. The Labute approximate surface area is 155 Å². The van der Waals surface area contributed by atoms with Gasteiger partial charge in [-0.25, -0.2) is 0 Å². The largest absolute Gasteiger partial charge is 0.347 e. The fourth-order valence-corrected chi connectivity index (χ4v) is 2.70. The molecule has 0 saturated carbocycles. The SMILES string of the molecule is O=C(NCc1cccnc1)c1cccn1Cc1noc(-c2ccccc2)n1. The molecule has 27 heavy (non-hydrogen) atoms. The predicted molar refractivity (Wildman–Crippen MR) is 98.7 cm³/mol. The molecule has 0 radical (unpaired) electrons. The van der Waals surface area contributed by atoms with Gasteiger partial charge in [0, 0.05) is 30.7 Å². The van der Waals surface area contributed by atoms with E-state index in [0.717, 1.165) is 11.1 Å². The minimum Gasteiger partial charge on any atom is -0.347 e. The molecule has 1 aromatic carbocycles. The number of carbonyl (C=O) groups is 1. The summed E-state index contributed by atoms with van der Waals surface area (Å²) in [5, 5.41) is 6.91. The third kappa shape index (κ3) is 3.92. The smallest absolute Gasteiger partial charge is 0.268 e. The number of rotatable bonds is 6. The summed E-state index contributed by atoms with van der Waals surface area (Å²) in [5.41, 5.74) is 2.33. The van der Waals surface area contributed by atoms with E-state index in [4.69, 9.17) is 4.52 Å². The summed E-state index contributed by atoms with van der Waals surface area (Å²) in [4.78, 5) is 21.0. The molecule has 7 heteroatoms. The van der Waals surface area contributed by atoms with Gasteiger partial charge in [-0.2, -0.15) is 4.98 Å². The average molecular weight is 359 g/mol. The second-order valence-electron chi connectivity index (χ2n) is 5.95. The van der Waals surface area contributed by atoms with Gasteiger partial charge >= 0.3 is 0 Å². The Morgan fingerprint density at radius 2 is 1.96 bits per heavy atom. The molecule has 0 bridgehead atoms. The van der Waals surface area contributed by atoms with Crippen LogP contribution in [0.25, 0.3) is 11.5 Å². The minimum absolute atomic E-state index is 0.171. The maximum Gasteiger partial charge on any atom is 0.268 e. The lowest BCUT2D eigenvalue weighted by atomic mass is 10.2. The lowest BCUT2D eigenvalue weighted by molar-refractivity contribution is 0.0942. The van der Waals surface area contributed by atoms with Gasteiger partial charge < -0.3 is 14.4 Å². The van der Waals surface area contributed by atoms with Crippen molar-refractivity contribution < 1.29 is 9.32 Å². The zero-order valence-electron chi connectivity index (χ0n) is 14.4. The summed E-state index contributed by atoms with van der Waals surface area (Å²) in [6.07, 6.45) is 5.24. The van der Waals surface area contributed by atoms with Crippen molar-refractivity contribution in [1.82, 2.24) is 25.0 Å². The molecule has 1 amide bonds. The zero-order valence-corrected chi connectivity index (χ0v) is 14.4. The van der Waals surface area contributed by atoms with E-state index in [1.807, 2.05) is 54.7 Å². The van der Waals surface area contributed by atoms with Crippen molar-refractivity contribution in [2.75, 3.05) is 0 Å². The molecule has 0 aliphatic heterocycles. The summed E-state index contributed by atoms with van der Waals surface area (Å²) in [6, 6.07) is 16.9. The van der Waals surface area contributed by atoms with Crippen LogP contribution in [0.1, 0.15) is 21.9 Å². The molecule has 4 aromatic rings. The van der Waals surface area contributed by atoms with Crippen molar-refractivity contribution in [2.24, 2.45) is 0 Å². The van der Waals surface area contributed by atoms with E-state index in [-0.39, 0.29) is 5.91 Å². The third-order valence-electron chi connectivity index (χ3n) is 4.04. The maximum absolute atomic E-state index is 12.5. The van der Waals surface area contributed by atoms with E-state index in [2.05, 4.69) is 20.4 Å². The highest BCUT2D eigenvalue weighted by Crippen LogP contribution is 2.17. The van der Waals surface area contributed by atoms with Crippen molar-refractivity contribution in [3.8, 4) is 11.5 Å². The van der Waals surface area contributed by atoms with Crippen LogP contribution in [0, 0.1) is 0 Å². The molecule has 0 atom stereocenters. The van der Waals surface area contributed by atoms with Gasteiger partial charge in [-0.3, -0.25) is 9.78 Å². The van der Waals surface area contributed by atoms with Crippen LogP contribution in [0.15, 0.2) is 77.7 Å². The molecular formula is C20H17N5O2. The van der Waals surface area contributed by atoms with Crippen LogP contribution in [0.4, 0.5) is 0 Å². The van der Waals surface area contributed by atoms with Crippen LogP contribution in [0.3, 0.4) is 0 Å².